The summed E-state index contributed by atoms with van der Waals surface area (Å²) in [6.07, 6.45) is 4.60. The summed E-state index contributed by atoms with van der Waals surface area (Å²) in [6, 6.07) is 0.551. The summed E-state index contributed by atoms with van der Waals surface area (Å²) in [5.74, 6) is 1.06. The van der Waals surface area contributed by atoms with Crippen molar-refractivity contribution in [3.8, 4) is 6.01 Å². The van der Waals surface area contributed by atoms with E-state index >= 15 is 0 Å². The first-order valence-electron chi connectivity index (χ1n) is 10.9. The van der Waals surface area contributed by atoms with Gasteiger partial charge in [-0.15, -0.1) is 0 Å². The average molecular weight is 419 g/mol. The predicted molar refractivity (Wildman–Crippen MR) is 125 cm³/mol. The van der Waals surface area contributed by atoms with Crippen molar-refractivity contribution in [1.29, 1.82) is 0 Å². The number of ether oxygens (including phenoxy) is 1. The molecule has 1 saturated heterocycles. The fraction of sp³-hybridized carbons (Fsp3) is 0.783. The lowest BCUT2D eigenvalue weighted by Crippen LogP contribution is -2.60. The first-order valence-corrected chi connectivity index (χ1v) is 10.9. The number of aromatic nitrogens is 3. The van der Waals surface area contributed by atoms with Crippen molar-refractivity contribution < 1.29 is 4.74 Å². The minimum Gasteiger partial charge on any atom is -0.459 e. The van der Waals surface area contributed by atoms with Crippen molar-refractivity contribution in [2.75, 3.05) is 17.2 Å². The van der Waals surface area contributed by atoms with Crippen molar-refractivity contribution in [2.24, 2.45) is 5.41 Å². The van der Waals surface area contributed by atoms with Gasteiger partial charge in [0.2, 0.25) is 11.9 Å². The molecular weight excluding hydrogens is 376 g/mol. The monoisotopic (exact) mass is 418 g/mol. The van der Waals surface area contributed by atoms with Gasteiger partial charge < -0.3 is 20.7 Å². The van der Waals surface area contributed by atoms with Crippen molar-refractivity contribution in [1.82, 2.24) is 20.3 Å². The normalized spacial score (nSPS) is 19.2. The third kappa shape index (κ3) is 8.09. The second-order valence-electron chi connectivity index (χ2n) is 11.8. The van der Waals surface area contributed by atoms with Crippen LogP contribution in [0.5, 0.6) is 6.01 Å². The molecule has 2 heterocycles. The molecule has 7 nitrogen and oxygen atoms in total. The van der Waals surface area contributed by atoms with E-state index in [1.165, 1.54) is 0 Å². The molecule has 7 heteroatoms. The SMILES string of the molecule is C=CCOc1nc(NC2CC(C)(C)NC(C)(C)C2)nc(NC(C)(C)CC(C)(C)C)n1. The van der Waals surface area contributed by atoms with Crippen LogP contribution in [0.25, 0.3) is 0 Å². The van der Waals surface area contributed by atoms with Gasteiger partial charge in [0, 0.05) is 22.7 Å². The van der Waals surface area contributed by atoms with Crippen LogP contribution in [0, 0.1) is 5.41 Å². The van der Waals surface area contributed by atoms with Crippen molar-refractivity contribution in [2.45, 2.75) is 104 Å². The lowest BCUT2D eigenvalue weighted by atomic mass is 9.80. The van der Waals surface area contributed by atoms with E-state index in [1.54, 1.807) is 6.08 Å². The van der Waals surface area contributed by atoms with Gasteiger partial charge in [-0.2, -0.15) is 15.0 Å². The van der Waals surface area contributed by atoms with Crippen LogP contribution < -0.4 is 20.7 Å². The number of nitrogens with zero attached hydrogens (tertiary/aromatic N) is 3. The highest BCUT2D eigenvalue weighted by Gasteiger charge is 2.38. The molecule has 30 heavy (non-hydrogen) atoms. The Kier molecular flexibility index (Phi) is 7.06. The van der Waals surface area contributed by atoms with Gasteiger partial charge in [0.1, 0.15) is 6.61 Å². The zero-order valence-corrected chi connectivity index (χ0v) is 20.4. The zero-order chi connectivity index (χ0) is 22.8. The Labute approximate surface area is 182 Å². The Hall–Kier alpha value is -1.89. The molecule has 1 fully saturated rings. The van der Waals surface area contributed by atoms with E-state index < -0.39 is 0 Å². The Morgan fingerprint density at radius 2 is 1.60 bits per heavy atom. The molecule has 170 valence electrons. The summed E-state index contributed by atoms with van der Waals surface area (Å²) < 4.78 is 5.65. The van der Waals surface area contributed by atoms with E-state index in [1.807, 2.05) is 0 Å². The Morgan fingerprint density at radius 3 is 2.13 bits per heavy atom. The molecular formula is C23H42N6O. The summed E-state index contributed by atoms with van der Waals surface area (Å²) in [5.41, 5.74) is 0.0686. The predicted octanol–water partition coefficient (Wildman–Crippen LogP) is 4.78. The largest absolute Gasteiger partial charge is 0.459 e. The Bertz CT molecular complexity index is 720. The first kappa shape index (κ1) is 24.4. The molecule has 0 spiro atoms. The smallest absolute Gasteiger partial charge is 0.323 e. The molecule has 0 amide bonds. The second-order valence-corrected chi connectivity index (χ2v) is 11.8. The molecule has 1 aliphatic heterocycles. The van der Waals surface area contributed by atoms with E-state index in [-0.39, 0.29) is 28.1 Å². The molecule has 1 aromatic rings. The van der Waals surface area contributed by atoms with Crippen molar-refractivity contribution >= 4 is 11.9 Å². The quantitative estimate of drug-likeness (QED) is 0.524. The summed E-state index contributed by atoms with van der Waals surface area (Å²) in [6.45, 7) is 24.0. The molecule has 1 aromatic heterocycles. The maximum Gasteiger partial charge on any atom is 0.323 e. The number of anilines is 2. The summed E-state index contributed by atoms with van der Waals surface area (Å²) in [5, 5.41) is 10.7. The fourth-order valence-corrected chi connectivity index (χ4v) is 4.95. The molecule has 2 rings (SSSR count). The van der Waals surface area contributed by atoms with Gasteiger partial charge in [0.05, 0.1) is 0 Å². The van der Waals surface area contributed by atoms with Crippen LogP contribution in [0.3, 0.4) is 0 Å². The van der Waals surface area contributed by atoms with E-state index in [0.717, 1.165) is 19.3 Å². The topological polar surface area (TPSA) is 84.0 Å². The molecule has 0 atom stereocenters. The lowest BCUT2D eigenvalue weighted by Gasteiger charge is -2.46. The number of hydrogen-bond acceptors (Lipinski definition) is 7. The van der Waals surface area contributed by atoms with Gasteiger partial charge in [-0.1, -0.05) is 33.4 Å². The van der Waals surface area contributed by atoms with Crippen LogP contribution in [-0.4, -0.2) is 44.2 Å². The molecule has 0 bridgehead atoms. The Morgan fingerprint density at radius 1 is 1.03 bits per heavy atom. The maximum atomic E-state index is 5.65. The summed E-state index contributed by atoms with van der Waals surface area (Å²) in [4.78, 5) is 13.7. The number of nitrogens with one attached hydrogen (secondary N) is 3. The van der Waals surface area contributed by atoms with Gasteiger partial charge >= 0.3 is 6.01 Å². The van der Waals surface area contributed by atoms with Gasteiger partial charge in [-0.05, 0) is 66.2 Å². The van der Waals surface area contributed by atoms with Crippen molar-refractivity contribution in [3.63, 3.8) is 0 Å². The highest BCUT2D eigenvalue weighted by molar-refractivity contribution is 5.39. The molecule has 0 radical (unpaired) electrons. The molecule has 0 unspecified atom stereocenters. The molecule has 3 N–H and O–H groups in total. The van der Waals surface area contributed by atoms with Crippen LogP contribution in [0.4, 0.5) is 11.9 Å². The van der Waals surface area contributed by atoms with Gasteiger partial charge in [0.15, 0.2) is 0 Å². The van der Waals surface area contributed by atoms with E-state index in [9.17, 15) is 0 Å². The average Bonchev–Trinajstić information content (AvgIpc) is 2.46. The minimum atomic E-state index is -0.175. The first-order chi connectivity index (χ1) is 13.6. The van der Waals surface area contributed by atoms with Crippen LogP contribution in [0.2, 0.25) is 0 Å². The minimum absolute atomic E-state index is 0.0321. The van der Waals surface area contributed by atoms with Crippen LogP contribution in [0.15, 0.2) is 12.7 Å². The third-order valence-electron chi connectivity index (χ3n) is 4.89. The molecule has 0 aromatic carbocycles. The lowest BCUT2D eigenvalue weighted by molar-refractivity contribution is 0.170. The van der Waals surface area contributed by atoms with E-state index in [0.29, 0.717) is 24.5 Å². The second kappa shape index (κ2) is 8.69. The van der Waals surface area contributed by atoms with E-state index in [4.69, 9.17) is 4.74 Å². The van der Waals surface area contributed by atoms with Gasteiger partial charge in [0.25, 0.3) is 0 Å². The molecule has 0 aliphatic carbocycles. The van der Waals surface area contributed by atoms with Gasteiger partial charge in [-0.25, -0.2) is 0 Å². The Balaban J connectivity index is 2.26. The van der Waals surface area contributed by atoms with Crippen LogP contribution in [0.1, 0.15) is 81.6 Å². The third-order valence-corrected chi connectivity index (χ3v) is 4.89. The number of piperidine rings is 1. The summed E-state index contributed by atoms with van der Waals surface area (Å²) >= 11 is 0. The standard InChI is InChI=1S/C23H42N6O/c1-11-12-30-19-26-17(24-16-13-21(5,6)29-22(7,8)14-16)25-18(27-19)28-23(9,10)15-20(2,3)4/h11,16,29H,1,12-15H2,2-10H3,(H2,24,25,26,27,28). The summed E-state index contributed by atoms with van der Waals surface area (Å²) in [7, 11) is 0. The van der Waals surface area contributed by atoms with E-state index in [2.05, 4.69) is 99.8 Å². The zero-order valence-electron chi connectivity index (χ0n) is 20.4. The maximum absolute atomic E-state index is 5.65. The van der Waals surface area contributed by atoms with Crippen LogP contribution >= 0.6 is 0 Å². The van der Waals surface area contributed by atoms with Crippen molar-refractivity contribution in [3.05, 3.63) is 12.7 Å². The fourth-order valence-electron chi connectivity index (χ4n) is 4.95. The highest BCUT2D eigenvalue weighted by atomic mass is 16.5. The highest BCUT2D eigenvalue weighted by Crippen LogP contribution is 2.31. The number of rotatable bonds is 8. The number of hydrogen-bond donors (Lipinski definition) is 3. The molecule has 0 saturated carbocycles. The molecule has 1 aliphatic rings. The van der Waals surface area contributed by atoms with Gasteiger partial charge in [-0.3, -0.25) is 0 Å². The van der Waals surface area contributed by atoms with Crippen LogP contribution in [-0.2, 0) is 0 Å².